The van der Waals surface area contributed by atoms with Crippen molar-refractivity contribution in [2.24, 2.45) is 10.8 Å². The van der Waals surface area contributed by atoms with Gasteiger partial charge in [-0.05, 0) is 32.8 Å². The van der Waals surface area contributed by atoms with Crippen LogP contribution in [0.5, 0.6) is 0 Å². The topological polar surface area (TPSA) is 111 Å². The molecule has 7 heteroatoms. The Hall–Kier alpha value is -2.83. The highest BCUT2D eigenvalue weighted by Crippen LogP contribution is 2.29. The number of aryl methyl sites for hydroxylation is 2. The largest absolute Gasteiger partial charge is 0.469 e. The Balaban J connectivity index is 1.89. The summed E-state index contributed by atoms with van der Waals surface area (Å²) < 4.78 is 10.7. The molecule has 0 aromatic carbocycles. The summed E-state index contributed by atoms with van der Waals surface area (Å²) in [4.78, 5) is 23.5. The normalized spacial score (nSPS) is 15.5. The maximum atomic E-state index is 12.1. The van der Waals surface area contributed by atoms with Gasteiger partial charge in [0.1, 0.15) is 11.5 Å². The highest BCUT2D eigenvalue weighted by molar-refractivity contribution is 6.07. The van der Waals surface area contributed by atoms with Gasteiger partial charge in [0.2, 0.25) is 0 Å². The van der Waals surface area contributed by atoms with Crippen LogP contribution in [0, 0.1) is 13.8 Å². The number of carbonyl (C=O) groups is 2. The van der Waals surface area contributed by atoms with E-state index in [-0.39, 0.29) is 11.7 Å². The van der Waals surface area contributed by atoms with E-state index in [4.69, 9.17) is 14.6 Å². The maximum absolute atomic E-state index is 12.1. The second-order valence-corrected chi connectivity index (χ2v) is 5.46. The number of nitrogens with one attached hydrogen (secondary N) is 1. The molecule has 2 heterocycles. The molecule has 0 spiro atoms. The van der Waals surface area contributed by atoms with Crippen molar-refractivity contribution in [1.29, 1.82) is 0 Å². The van der Waals surface area contributed by atoms with E-state index in [0.29, 0.717) is 34.8 Å². The molecule has 0 bridgehead atoms. The SMILES string of the molecule is Cc1occc1C(=O)N/N=C1\CCCc2oc(C(N)=O)c(C)c21. The fourth-order valence-electron chi connectivity index (χ4n) is 2.81. The molecule has 0 saturated heterocycles. The lowest BCUT2D eigenvalue weighted by molar-refractivity contribution is 0.0950. The van der Waals surface area contributed by atoms with E-state index in [0.717, 1.165) is 18.4 Å². The van der Waals surface area contributed by atoms with Gasteiger partial charge in [0.15, 0.2) is 5.76 Å². The molecule has 2 aromatic heterocycles. The van der Waals surface area contributed by atoms with Crippen LogP contribution < -0.4 is 11.2 Å². The van der Waals surface area contributed by atoms with E-state index in [1.54, 1.807) is 19.9 Å². The fourth-order valence-corrected chi connectivity index (χ4v) is 2.81. The lowest BCUT2D eigenvalue weighted by Crippen LogP contribution is -2.22. The Morgan fingerprint density at radius 1 is 1.30 bits per heavy atom. The average Bonchev–Trinajstić information content (AvgIpc) is 3.09. The predicted molar refractivity (Wildman–Crippen MR) is 82.3 cm³/mol. The Labute approximate surface area is 132 Å². The van der Waals surface area contributed by atoms with Gasteiger partial charge in [-0.15, -0.1) is 0 Å². The van der Waals surface area contributed by atoms with E-state index in [2.05, 4.69) is 10.5 Å². The fraction of sp³-hybridized carbons (Fsp3) is 0.312. The van der Waals surface area contributed by atoms with Gasteiger partial charge in [-0.25, -0.2) is 5.43 Å². The van der Waals surface area contributed by atoms with Crippen molar-refractivity contribution < 1.29 is 18.4 Å². The predicted octanol–water partition coefficient (Wildman–Crippen LogP) is 2.06. The van der Waals surface area contributed by atoms with E-state index in [9.17, 15) is 9.59 Å². The van der Waals surface area contributed by atoms with Gasteiger partial charge in [-0.3, -0.25) is 9.59 Å². The van der Waals surface area contributed by atoms with Crippen molar-refractivity contribution >= 4 is 17.5 Å². The van der Waals surface area contributed by atoms with E-state index >= 15 is 0 Å². The van der Waals surface area contributed by atoms with E-state index < -0.39 is 5.91 Å². The van der Waals surface area contributed by atoms with Crippen LogP contribution in [0.1, 0.15) is 56.4 Å². The third-order valence-corrected chi connectivity index (χ3v) is 3.95. The molecule has 120 valence electrons. The van der Waals surface area contributed by atoms with Gasteiger partial charge in [-0.2, -0.15) is 5.10 Å². The number of furan rings is 2. The Morgan fingerprint density at radius 2 is 2.09 bits per heavy atom. The van der Waals surface area contributed by atoms with E-state index in [1.165, 1.54) is 6.26 Å². The number of nitrogens with two attached hydrogens (primary N) is 1. The Morgan fingerprint density at radius 3 is 2.74 bits per heavy atom. The third-order valence-electron chi connectivity index (χ3n) is 3.95. The summed E-state index contributed by atoms with van der Waals surface area (Å²) in [6.45, 7) is 3.48. The second kappa shape index (κ2) is 5.75. The molecule has 2 amide bonds. The minimum absolute atomic E-state index is 0.154. The van der Waals surface area contributed by atoms with Gasteiger partial charge in [0, 0.05) is 17.5 Å². The van der Waals surface area contributed by atoms with E-state index in [1.807, 2.05) is 0 Å². The van der Waals surface area contributed by atoms with Crippen LogP contribution in [0.4, 0.5) is 0 Å². The zero-order chi connectivity index (χ0) is 16.6. The minimum Gasteiger partial charge on any atom is -0.469 e. The third kappa shape index (κ3) is 2.65. The van der Waals surface area contributed by atoms with Crippen LogP contribution in [-0.4, -0.2) is 17.5 Å². The number of hydrogen-bond donors (Lipinski definition) is 2. The van der Waals surface area contributed by atoms with Crippen molar-refractivity contribution in [3.05, 3.63) is 46.3 Å². The summed E-state index contributed by atoms with van der Waals surface area (Å²) in [6.07, 6.45) is 3.69. The van der Waals surface area contributed by atoms with Crippen LogP contribution in [0.2, 0.25) is 0 Å². The average molecular weight is 315 g/mol. The first-order valence-electron chi connectivity index (χ1n) is 7.32. The first-order chi connectivity index (χ1) is 11.0. The number of carbonyl (C=O) groups excluding carboxylic acids is 2. The molecule has 7 nitrogen and oxygen atoms in total. The molecular weight excluding hydrogens is 298 g/mol. The minimum atomic E-state index is -0.602. The molecule has 3 rings (SSSR count). The molecule has 3 N–H and O–H groups in total. The quantitative estimate of drug-likeness (QED) is 0.844. The standard InChI is InChI=1S/C16H17N3O4/c1-8-13-11(4-3-5-12(13)23-14(8)15(17)20)18-19-16(21)10-6-7-22-9(10)2/h6-7H,3-5H2,1-2H3,(H2,17,20)(H,19,21)/b18-11+. The zero-order valence-corrected chi connectivity index (χ0v) is 12.9. The summed E-state index contributed by atoms with van der Waals surface area (Å²) in [5.74, 6) is 0.431. The van der Waals surface area contributed by atoms with Crippen molar-refractivity contribution in [3.63, 3.8) is 0 Å². The number of hydrazone groups is 1. The van der Waals surface area contributed by atoms with Crippen molar-refractivity contribution in [2.45, 2.75) is 33.1 Å². The smallest absolute Gasteiger partial charge is 0.284 e. The first kappa shape index (κ1) is 15.1. The van der Waals surface area contributed by atoms with Gasteiger partial charge in [0.05, 0.1) is 17.5 Å². The molecule has 0 radical (unpaired) electrons. The number of nitrogens with zero attached hydrogens (tertiary/aromatic N) is 1. The first-order valence-corrected chi connectivity index (χ1v) is 7.32. The summed E-state index contributed by atoms with van der Waals surface area (Å²) in [5, 5.41) is 4.22. The van der Waals surface area contributed by atoms with Crippen LogP contribution in [-0.2, 0) is 6.42 Å². The number of hydrogen-bond acceptors (Lipinski definition) is 5. The summed E-state index contributed by atoms with van der Waals surface area (Å²) >= 11 is 0. The lowest BCUT2D eigenvalue weighted by Gasteiger charge is -2.13. The van der Waals surface area contributed by atoms with Gasteiger partial charge >= 0.3 is 0 Å². The molecule has 1 aliphatic rings. The zero-order valence-electron chi connectivity index (χ0n) is 12.9. The molecule has 0 aliphatic heterocycles. The summed E-state index contributed by atoms with van der Waals surface area (Å²) in [7, 11) is 0. The van der Waals surface area contributed by atoms with Crippen molar-refractivity contribution in [2.75, 3.05) is 0 Å². The molecule has 1 aliphatic carbocycles. The summed E-state index contributed by atoms with van der Waals surface area (Å²) in [6, 6.07) is 1.59. The molecule has 0 saturated carbocycles. The van der Waals surface area contributed by atoms with Crippen LogP contribution in [0.15, 0.2) is 26.3 Å². The molecule has 23 heavy (non-hydrogen) atoms. The van der Waals surface area contributed by atoms with Crippen LogP contribution in [0.25, 0.3) is 0 Å². The van der Waals surface area contributed by atoms with Gasteiger partial charge < -0.3 is 14.6 Å². The Bertz CT molecular complexity index is 813. The summed E-state index contributed by atoms with van der Waals surface area (Å²) in [5.41, 5.74) is 10.4. The van der Waals surface area contributed by atoms with Gasteiger partial charge in [0.25, 0.3) is 11.8 Å². The highest BCUT2D eigenvalue weighted by atomic mass is 16.4. The van der Waals surface area contributed by atoms with Crippen molar-refractivity contribution in [1.82, 2.24) is 5.43 Å². The molecule has 0 fully saturated rings. The number of primary amides is 1. The Kier molecular flexibility index (Phi) is 3.77. The molecular formula is C16H17N3O4. The number of fused-ring (bicyclic) bond motifs is 1. The highest BCUT2D eigenvalue weighted by Gasteiger charge is 2.27. The monoisotopic (exact) mass is 315 g/mol. The second-order valence-electron chi connectivity index (χ2n) is 5.46. The molecule has 2 aromatic rings. The molecule has 0 atom stereocenters. The van der Waals surface area contributed by atoms with Crippen molar-refractivity contribution in [3.8, 4) is 0 Å². The van der Waals surface area contributed by atoms with Crippen LogP contribution >= 0.6 is 0 Å². The number of amides is 2. The van der Waals surface area contributed by atoms with Gasteiger partial charge in [-0.1, -0.05) is 0 Å². The lowest BCUT2D eigenvalue weighted by atomic mass is 9.93. The maximum Gasteiger partial charge on any atom is 0.284 e. The number of rotatable bonds is 3. The molecule has 0 unspecified atom stereocenters. The van der Waals surface area contributed by atoms with Crippen LogP contribution in [0.3, 0.4) is 0 Å².